The number of piperazine rings is 1. The number of nitrogens with zero attached hydrogens (tertiary/aromatic N) is 3. The second kappa shape index (κ2) is 8.22. The molecule has 1 amide bonds. The van der Waals surface area contributed by atoms with Crippen LogP contribution in [-0.4, -0.2) is 61.8 Å². The minimum atomic E-state index is -0.267. The molecule has 7 heteroatoms. The van der Waals surface area contributed by atoms with Crippen molar-refractivity contribution in [1.29, 1.82) is 0 Å². The van der Waals surface area contributed by atoms with E-state index in [-0.39, 0.29) is 11.7 Å². The molecule has 1 aromatic carbocycles. The van der Waals surface area contributed by atoms with Gasteiger partial charge in [-0.15, -0.1) is 0 Å². The molecule has 0 radical (unpaired) electrons. The van der Waals surface area contributed by atoms with Gasteiger partial charge in [0.1, 0.15) is 5.58 Å². The molecule has 0 saturated carbocycles. The van der Waals surface area contributed by atoms with Crippen molar-refractivity contribution in [2.24, 2.45) is 0 Å². The maximum Gasteiger partial charge on any atom is 0.409 e. The SMILES string of the molecule is CCOC(=O)N1CCN(c2c(CN3CCCC3)c(=O)oc3ccccc23)CC1. The summed E-state index contributed by atoms with van der Waals surface area (Å²) in [7, 11) is 0. The lowest BCUT2D eigenvalue weighted by atomic mass is 10.1. The van der Waals surface area contributed by atoms with Crippen LogP contribution in [0.4, 0.5) is 10.5 Å². The van der Waals surface area contributed by atoms with Gasteiger partial charge in [-0.1, -0.05) is 12.1 Å². The smallest absolute Gasteiger partial charge is 0.409 e. The molecule has 3 heterocycles. The lowest BCUT2D eigenvalue weighted by Crippen LogP contribution is -2.49. The average Bonchev–Trinajstić information content (AvgIpc) is 3.22. The molecule has 0 aliphatic carbocycles. The van der Waals surface area contributed by atoms with Gasteiger partial charge < -0.3 is 19.0 Å². The Morgan fingerprint density at radius 1 is 1.07 bits per heavy atom. The van der Waals surface area contributed by atoms with Gasteiger partial charge in [0, 0.05) is 38.1 Å². The summed E-state index contributed by atoms with van der Waals surface area (Å²) in [5, 5.41) is 0.959. The van der Waals surface area contributed by atoms with Crippen LogP contribution in [0.15, 0.2) is 33.5 Å². The van der Waals surface area contributed by atoms with Gasteiger partial charge in [0.05, 0.1) is 17.9 Å². The predicted molar refractivity (Wildman–Crippen MR) is 108 cm³/mol. The van der Waals surface area contributed by atoms with Crippen LogP contribution in [-0.2, 0) is 11.3 Å². The molecular weight excluding hydrogens is 358 g/mol. The molecule has 0 N–H and O–H groups in total. The fourth-order valence-electron chi connectivity index (χ4n) is 4.16. The minimum Gasteiger partial charge on any atom is -0.450 e. The molecule has 150 valence electrons. The van der Waals surface area contributed by atoms with Crippen LogP contribution in [0.3, 0.4) is 0 Å². The molecular formula is C21H27N3O4. The van der Waals surface area contributed by atoms with Crippen molar-refractivity contribution in [3.63, 3.8) is 0 Å². The summed E-state index contributed by atoms with van der Waals surface area (Å²) in [5.74, 6) is 0. The highest BCUT2D eigenvalue weighted by molar-refractivity contribution is 5.92. The topological polar surface area (TPSA) is 66.2 Å². The number of hydrogen-bond acceptors (Lipinski definition) is 6. The van der Waals surface area contributed by atoms with E-state index in [2.05, 4.69) is 9.80 Å². The van der Waals surface area contributed by atoms with E-state index in [4.69, 9.17) is 9.15 Å². The largest absolute Gasteiger partial charge is 0.450 e. The van der Waals surface area contributed by atoms with Gasteiger partial charge in [-0.3, -0.25) is 4.90 Å². The summed E-state index contributed by atoms with van der Waals surface area (Å²) >= 11 is 0. The van der Waals surface area contributed by atoms with Crippen LogP contribution < -0.4 is 10.5 Å². The maximum atomic E-state index is 12.8. The van der Waals surface area contributed by atoms with Crippen LogP contribution in [0.2, 0.25) is 0 Å². The normalized spacial score (nSPS) is 18.0. The fraction of sp³-hybridized carbons (Fsp3) is 0.524. The zero-order valence-electron chi connectivity index (χ0n) is 16.4. The van der Waals surface area contributed by atoms with Gasteiger partial charge >= 0.3 is 11.7 Å². The van der Waals surface area contributed by atoms with E-state index in [0.29, 0.717) is 44.9 Å². The Kier molecular flexibility index (Phi) is 5.52. The Labute approximate surface area is 164 Å². The molecule has 1 aromatic heterocycles. The Bertz CT molecular complexity index is 896. The van der Waals surface area contributed by atoms with E-state index in [1.165, 1.54) is 12.8 Å². The summed E-state index contributed by atoms with van der Waals surface area (Å²) in [6.07, 6.45) is 2.08. The number of likely N-dealkylation sites (tertiary alicyclic amines) is 1. The third-order valence-electron chi connectivity index (χ3n) is 5.58. The number of benzene rings is 1. The first-order chi connectivity index (χ1) is 13.7. The van der Waals surface area contributed by atoms with Crippen molar-refractivity contribution in [2.45, 2.75) is 26.3 Å². The molecule has 2 aliphatic rings. The number of carbonyl (C=O) groups excluding carboxylic acids is 1. The maximum absolute atomic E-state index is 12.8. The fourth-order valence-corrected chi connectivity index (χ4v) is 4.16. The van der Waals surface area contributed by atoms with Crippen molar-refractivity contribution < 1.29 is 13.9 Å². The lowest BCUT2D eigenvalue weighted by Gasteiger charge is -2.36. The van der Waals surface area contributed by atoms with E-state index >= 15 is 0 Å². The van der Waals surface area contributed by atoms with E-state index < -0.39 is 0 Å². The first-order valence-corrected chi connectivity index (χ1v) is 10.1. The molecule has 0 spiro atoms. The van der Waals surface area contributed by atoms with Crippen molar-refractivity contribution >= 4 is 22.7 Å². The number of amides is 1. The third-order valence-corrected chi connectivity index (χ3v) is 5.58. The number of hydrogen-bond donors (Lipinski definition) is 0. The number of fused-ring (bicyclic) bond motifs is 1. The van der Waals surface area contributed by atoms with Gasteiger partial charge in [0.2, 0.25) is 0 Å². The quantitative estimate of drug-likeness (QED) is 0.754. The first kappa shape index (κ1) is 18.8. The number of ether oxygens (including phenoxy) is 1. The van der Waals surface area contributed by atoms with Crippen LogP contribution in [0.25, 0.3) is 11.0 Å². The molecule has 2 fully saturated rings. The summed E-state index contributed by atoms with van der Waals surface area (Å²) in [6.45, 7) is 7.33. The predicted octanol–water partition coefficient (Wildman–Crippen LogP) is 2.67. The summed E-state index contributed by atoms with van der Waals surface area (Å²) < 4.78 is 10.8. The van der Waals surface area contributed by atoms with Gasteiger partial charge in [0.25, 0.3) is 0 Å². The zero-order chi connectivity index (χ0) is 19.5. The zero-order valence-corrected chi connectivity index (χ0v) is 16.4. The number of carbonyl (C=O) groups is 1. The Morgan fingerprint density at radius 2 is 1.79 bits per heavy atom. The summed E-state index contributed by atoms with van der Waals surface area (Å²) in [5.41, 5.74) is 2.04. The standard InChI is InChI=1S/C21H27N3O4/c1-2-27-21(26)24-13-11-23(12-14-24)19-16-7-3-4-8-18(16)28-20(25)17(19)15-22-9-5-6-10-22/h3-4,7-8H,2,5-6,9-15H2,1H3. The number of rotatable bonds is 4. The molecule has 0 unspecified atom stereocenters. The van der Waals surface area contributed by atoms with Gasteiger partial charge in [-0.2, -0.15) is 0 Å². The number of anilines is 1. The van der Waals surface area contributed by atoms with Gasteiger partial charge in [0.15, 0.2) is 0 Å². The van der Waals surface area contributed by atoms with Crippen molar-refractivity contribution in [3.8, 4) is 0 Å². The van der Waals surface area contributed by atoms with Crippen LogP contribution in [0, 0.1) is 0 Å². The Morgan fingerprint density at radius 3 is 2.50 bits per heavy atom. The van der Waals surface area contributed by atoms with Gasteiger partial charge in [-0.25, -0.2) is 9.59 Å². The summed E-state index contributed by atoms with van der Waals surface area (Å²) in [4.78, 5) is 31.1. The molecule has 4 rings (SSSR count). The highest BCUT2D eigenvalue weighted by atomic mass is 16.6. The van der Waals surface area contributed by atoms with Crippen LogP contribution >= 0.6 is 0 Å². The Hall–Kier alpha value is -2.54. The third kappa shape index (κ3) is 3.71. The van der Waals surface area contributed by atoms with E-state index in [0.717, 1.165) is 29.7 Å². The summed E-state index contributed by atoms with van der Waals surface area (Å²) in [6, 6.07) is 7.71. The second-order valence-electron chi connectivity index (χ2n) is 7.37. The van der Waals surface area contributed by atoms with E-state index in [1.807, 2.05) is 31.2 Å². The van der Waals surface area contributed by atoms with Crippen molar-refractivity contribution in [2.75, 3.05) is 50.8 Å². The van der Waals surface area contributed by atoms with E-state index in [1.54, 1.807) is 4.90 Å². The lowest BCUT2D eigenvalue weighted by molar-refractivity contribution is 0.105. The highest BCUT2D eigenvalue weighted by Gasteiger charge is 2.27. The number of para-hydroxylation sites is 1. The second-order valence-corrected chi connectivity index (χ2v) is 7.37. The van der Waals surface area contributed by atoms with Crippen LogP contribution in [0.5, 0.6) is 0 Å². The Balaban J connectivity index is 1.66. The first-order valence-electron chi connectivity index (χ1n) is 10.1. The average molecular weight is 385 g/mol. The molecule has 7 nitrogen and oxygen atoms in total. The molecule has 2 aromatic rings. The monoisotopic (exact) mass is 385 g/mol. The van der Waals surface area contributed by atoms with Crippen molar-refractivity contribution in [3.05, 3.63) is 40.2 Å². The minimum absolute atomic E-state index is 0.256. The van der Waals surface area contributed by atoms with E-state index in [9.17, 15) is 9.59 Å². The molecule has 28 heavy (non-hydrogen) atoms. The van der Waals surface area contributed by atoms with Crippen molar-refractivity contribution in [1.82, 2.24) is 9.80 Å². The molecule has 0 atom stereocenters. The van der Waals surface area contributed by atoms with Crippen LogP contribution in [0.1, 0.15) is 25.3 Å². The highest BCUT2D eigenvalue weighted by Crippen LogP contribution is 2.31. The van der Waals surface area contributed by atoms with Gasteiger partial charge in [-0.05, 0) is 45.0 Å². The molecule has 0 bridgehead atoms. The molecule has 2 aliphatic heterocycles. The molecule has 2 saturated heterocycles.